The molecule has 1 heterocycles. The molecular formula is C16H15N2O7-. The number of likely N-dealkylation sites (N-methyl/N-ethyl adjacent to an activating group) is 1. The van der Waals surface area contributed by atoms with Crippen LogP contribution in [-0.2, 0) is 14.4 Å². The van der Waals surface area contributed by atoms with E-state index in [1.165, 1.54) is 31.3 Å². The van der Waals surface area contributed by atoms with Crippen LogP contribution < -0.4 is 19.9 Å². The SMILES string of the molecule is CCOc1cc(/C=C2/C(=O)NC(=O)N(C)C2=O)ccc1OCC(=O)[O-]. The molecule has 4 amide bonds. The Morgan fingerprint density at radius 1 is 1.24 bits per heavy atom. The third-order valence-corrected chi connectivity index (χ3v) is 3.23. The fraction of sp³-hybridized carbons (Fsp3) is 0.250. The number of barbiturate groups is 1. The van der Waals surface area contributed by atoms with E-state index in [4.69, 9.17) is 9.47 Å². The highest BCUT2D eigenvalue weighted by atomic mass is 16.5. The lowest BCUT2D eigenvalue weighted by atomic mass is 10.1. The monoisotopic (exact) mass is 347 g/mol. The van der Waals surface area contributed by atoms with Crippen molar-refractivity contribution < 1.29 is 33.8 Å². The number of ether oxygens (including phenoxy) is 2. The van der Waals surface area contributed by atoms with Gasteiger partial charge in [-0.3, -0.25) is 19.8 Å². The number of nitrogens with one attached hydrogen (secondary N) is 1. The first kappa shape index (κ1) is 18.0. The maximum absolute atomic E-state index is 12.1. The second-order valence-electron chi connectivity index (χ2n) is 4.98. The number of hydrogen-bond acceptors (Lipinski definition) is 7. The number of carboxylic acid groups (broad SMARTS) is 1. The number of imide groups is 2. The number of carbonyl (C=O) groups is 4. The predicted octanol–water partition coefficient (Wildman–Crippen LogP) is -0.694. The van der Waals surface area contributed by atoms with E-state index >= 15 is 0 Å². The van der Waals surface area contributed by atoms with Gasteiger partial charge in [-0.05, 0) is 30.7 Å². The van der Waals surface area contributed by atoms with Crippen LogP contribution in [-0.4, -0.2) is 49.0 Å². The molecule has 132 valence electrons. The smallest absolute Gasteiger partial charge is 0.331 e. The number of hydrogen-bond donors (Lipinski definition) is 1. The zero-order valence-electron chi connectivity index (χ0n) is 13.5. The number of benzene rings is 1. The van der Waals surface area contributed by atoms with E-state index in [1.807, 2.05) is 5.32 Å². The van der Waals surface area contributed by atoms with E-state index in [0.29, 0.717) is 12.2 Å². The Bertz CT molecular complexity index is 770. The fourth-order valence-electron chi connectivity index (χ4n) is 2.05. The van der Waals surface area contributed by atoms with E-state index in [1.54, 1.807) is 6.92 Å². The first-order valence-electron chi connectivity index (χ1n) is 7.28. The number of amides is 4. The highest BCUT2D eigenvalue weighted by Gasteiger charge is 2.33. The first-order valence-corrected chi connectivity index (χ1v) is 7.28. The van der Waals surface area contributed by atoms with Gasteiger partial charge in [0.15, 0.2) is 11.5 Å². The average Bonchev–Trinajstić information content (AvgIpc) is 2.56. The largest absolute Gasteiger partial charge is 0.546 e. The molecule has 25 heavy (non-hydrogen) atoms. The van der Waals surface area contributed by atoms with Gasteiger partial charge >= 0.3 is 6.03 Å². The van der Waals surface area contributed by atoms with Crippen LogP contribution in [0.15, 0.2) is 23.8 Å². The third-order valence-electron chi connectivity index (χ3n) is 3.23. The Morgan fingerprint density at radius 2 is 1.96 bits per heavy atom. The minimum atomic E-state index is -1.38. The summed E-state index contributed by atoms with van der Waals surface area (Å²) in [5.41, 5.74) is 0.221. The molecule has 0 aromatic heterocycles. The zero-order chi connectivity index (χ0) is 18.6. The summed E-state index contributed by atoms with van der Waals surface area (Å²) in [6.07, 6.45) is 1.30. The molecule has 1 N–H and O–H groups in total. The highest BCUT2D eigenvalue weighted by molar-refractivity contribution is 6.30. The van der Waals surface area contributed by atoms with Gasteiger partial charge in [-0.1, -0.05) is 6.07 Å². The maximum atomic E-state index is 12.1. The molecule has 0 aliphatic carbocycles. The van der Waals surface area contributed by atoms with Gasteiger partial charge in [-0.15, -0.1) is 0 Å². The number of aliphatic carboxylic acids is 1. The summed E-state index contributed by atoms with van der Waals surface area (Å²) < 4.78 is 10.4. The molecular weight excluding hydrogens is 332 g/mol. The molecule has 9 nitrogen and oxygen atoms in total. The Hall–Kier alpha value is -3.36. The van der Waals surface area contributed by atoms with E-state index in [0.717, 1.165) is 4.90 Å². The molecule has 1 aliphatic rings. The van der Waals surface area contributed by atoms with Crippen molar-refractivity contribution in [2.75, 3.05) is 20.3 Å². The second kappa shape index (κ2) is 7.47. The van der Waals surface area contributed by atoms with Crippen molar-refractivity contribution in [2.24, 2.45) is 0 Å². The minimum absolute atomic E-state index is 0.180. The van der Waals surface area contributed by atoms with Crippen LogP contribution in [0.25, 0.3) is 6.08 Å². The Labute approximate surface area is 142 Å². The topological polar surface area (TPSA) is 125 Å². The van der Waals surface area contributed by atoms with Crippen molar-refractivity contribution in [3.05, 3.63) is 29.3 Å². The summed E-state index contributed by atoms with van der Waals surface area (Å²) in [5, 5.41) is 12.5. The summed E-state index contributed by atoms with van der Waals surface area (Å²) >= 11 is 0. The van der Waals surface area contributed by atoms with Gasteiger partial charge in [0.05, 0.1) is 12.6 Å². The van der Waals surface area contributed by atoms with E-state index in [-0.39, 0.29) is 17.1 Å². The molecule has 1 saturated heterocycles. The lowest BCUT2D eigenvalue weighted by Crippen LogP contribution is -2.52. The molecule has 1 aromatic carbocycles. The van der Waals surface area contributed by atoms with Crippen LogP contribution in [0.4, 0.5) is 4.79 Å². The summed E-state index contributed by atoms with van der Waals surface area (Å²) in [5.74, 6) is -2.50. The van der Waals surface area contributed by atoms with Gasteiger partial charge in [-0.2, -0.15) is 0 Å². The van der Waals surface area contributed by atoms with Crippen molar-refractivity contribution in [1.82, 2.24) is 10.2 Å². The lowest BCUT2D eigenvalue weighted by Gasteiger charge is -2.22. The number of nitrogens with zero attached hydrogens (tertiary/aromatic N) is 1. The van der Waals surface area contributed by atoms with Crippen molar-refractivity contribution in [2.45, 2.75) is 6.92 Å². The first-order chi connectivity index (χ1) is 11.8. The lowest BCUT2D eigenvalue weighted by molar-refractivity contribution is -0.307. The number of urea groups is 1. The predicted molar refractivity (Wildman–Crippen MR) is 82.4 cm³/mol. The van der Waals surface area contributed by atoms with Gasteiger partial charge in [-0.25, -0.2) is 4.79 Å². The van der Waals surface area contributed by atoms with Crippen molar-refractivity contribution in [1.29, 1.82) is 0 Å². The Balaban J connectivity index is 2.34. The van der Waals surface area contributed by atoms with Gasteiger partial charge in [0, 0.05) is 7.05 Å². The molecule has 0 saturated carbocycles. The molecule has 0 spiro atoms. The van der Waals surface area contributed by atoms with Crippen LogP contribution in [0, 0.1) is 0 Å². The minimum Gasteiger partial charge on any atom is -0.546 e. The number of rotatable bonds is 6. The quantitative estimate of drug-likeness (QED) is 0.533. The van der Waals surface area contributed by atoms with Crippen LogP contribution in [0.1, 0.15) is 12.5 Å². The van der Waals surface area contributed by atoms with Crippen LogP contribution in [0.5, 0.6) is 11.5 Å². The molecule has 0 bridgehead atoms. The standard InChI is InChI=1S/C16H16N2O7/c1-3-24-12-7-9(4-5-11(12)25-8-13(19)20)6-10-14(21)17-16(23)18(2)15(10)22/h4-7H,3,8H2,1-2H3,(H,19,20)(H,17,21,23)/p-1/b10-6-. The van der Waals surface area contributed by atoms with Gasteiger partial charge < -0.3 is 19.4 Å². The van der Waals surface area contributed by atoms with Gasteiger partial charge in [0.2, 0.25) is 0 Å². The van der Waals surface area contributed by atoms with Crippen molar-refractivity contribution in [3.8, 4) is 11.5 Å². The summed E-state index contributed by atoms with van der Waals surface area (Å²) in [6, 6.07) is 3.64. The van der Waals surface area contributed by atoms with Gasteiger partial charge in [0.25, 0.3) is 11.8 Å². The Morgan fingerprint density at radius 3 is 2.60 bits per heavy atom. The van der Waals surface area contributed by atoms with Crippen molar-refractivity contribution >= 4 is 29.9 Å². The van der Waals surface area contributed by atoms with E-state index in [9.17, 15) is 24.3 Å². The molecule has 1 aliphatic heterocycles. The summed E-state index contributed by atoms with van der Waals surface area (Å²) in [6.45, 7) is 1.37. The molecule has 2 rings (SSSR count). The number of carboxylic acids is 1. The van der Waals surface area contributed by atoms with Crippen LogP contribution >= 0.6 is 0 Å². The molecule has 9 heteroatoms. The van der Waals surface area contributed by atoms with E-state index < -0.39 is 30.4 Å². The summed E-state index contributed by atoms with van der Waals surface area (Å²) in [4.78, 5) is 46.6. The zero-order valence-corrected chi connectivity index (χ0v) is 13.5. The second-order valence-corrected chi connectivity index (χ2v) is 4.98. The Kier molecular flexibility index (Phi) is 5.38. The molecule has 1 aromatic rings. The van der Waals surface area contributed by atoms with Crippen molar-refractivity contribution in [3.63, 3.8) is 0 Å². The molecule has 0 atom stereocenters. The number of carbonyl (C=O) groups excluding carboxylic acids is 4. The fourth-order valence-corrected chi connectivity index (χ4v) is 2.05. The van der Waals surface area contributed by atoms with Crippen LogP contribution in [0.3, 0.4) is 0 Å². The normalized spacial score (nSPS) is 16.0. The summed E-state index contributed by atoms with van der Waals surface area (Å²) in [7, 11) is 1.25. The molecule has 0 unspecified atom stereocenters. The highest BCUT2D eigenvalue weighted by Crippen LogP contribution is 2.29. The maximum Gasteiger partial charge on any atom is 0.331 e. The molecule has 0 radical (unpaired) electrons. The van der Waals surface area contributed by atoms with E-state index in [2.05, 4.69) is 0 Å². The van der Waals surface area contributed by atoms with Gasteiger partial charge in [0.1, 0.15) is 12.2 Å². The third kappa shape index (κ3) is 4.14. The average molecular weight is 347 g/mol. The van der Waals surface area contributed by atoms with Crippen LogP contribution in [0.2, 0.25) is 0 Å². The molecule has 1 fully saturated rings.